The van der Waals surface area contributed by atoms with E-state index in [0.717, 1.165) is 5.76 Å². The van der Waals surface area contributed by atoms with Gasteiger partial charge in [0.15, 0.2) is 4.67 Å². The Morgan fingerprint density at radius 3 is 2.92 bits per heavy atom. The summed E-state index contributed by atoms with van der Waals surface area (Å²) in [6.07, 6.45) is 0.127. The summed E-state index contributed by atoms with van der Waals surface area (Å²) in [6.45, 7) is 1.01. The number of hydrogen-bond donors (Lipinski definition) is 2. The summed E-state index contributed by atoms with van der Waals surface area (Å²) in [7, 11) is 0. The molecule has 5 heteroatoms. The zero-order valence-electron chi connectivity index (χ0n) is 6.92. The first-order chi connectivity index (χ1) is 6.18. The monoisotopic (exact) mass is 247 g/mol. The van der Waals surface area contributed by atoms with Crippen molar-refractivity contribution in [3.05, 3.63) is 22.6 Å². The van der Waals surface area contributed by atoms with Crippen molar-refractivity contribution in [2.45, 2.75) is 13.0 Å². The molecule has 0 amide bonds. The number of rotatable bonds is 5. The first-order valence-electron chi connectivity index (χ1n) is 3.85. The van der Waals surface area contributed by atoms with Crippen molar-refractivity contribution >= 4 is 21.9 Å². The van der Waals surface area contributed by atoms with Crippen LogP contribution in [0.2, 0.25) is 0 Å². The van der Waals surface area contributed by atoms with Gasteiger partial charge in [-0.3, -0.25) is 4.79 Å². The van der Waals surface area contributed by atoms with Crippen LogP contribution >= 0.6 is 15.9 Å². The normalized spacial score (nSPS) is 10.2. The number of nitrogens with one attached hydrogen (secondary N) is 1. The quantitative estimate of drug-likeness (QED) is 0.777. The topological polar surface area (TPSA) is 62.5 Å². The van der Waals surface area contributed by atoms with Gasteiger partial charge in [-0.25, -0.2) is 0 Å². The molecule has 0 spiro atoms. The largest absolute Gasteiger partial charge is 0.481 e. The molecule has 0 bridgehead atoms. The van der Waals surface area contributed by atoms with Gasteiger partial charge in [-0.05, 0) is 28.1 Å². The minimum Gasteiger partial charge on any atom is -0.481 e. The zero-order valence-corrected chi connectivity index (χ0v) is 8.50. The molecule has 0 aromatic carbocycles. The average Bonchev–Trinajstić information content (AvgIpc) is 2.45. The Labute approximate surface area is 84.1 Å². The lowest BCUT2D eigenvalue weighted by Gasteiger charge is -1.98. The molecular formula is C8H10BrNO3. The van der Waals surface area contributed by atoms with Crippen molar-refractivity contribution < 1.29 is 14.3 Å². The van der Waals surface area contributed by atoms with Gasteiger partial charge >= 0.3 is 5.97 Å². The van der Waals surface area contributed by atoms with Crippen molar-refractivity contribution in [1.82, 2.24) is 5.32 Å². The Bertz CT molecular complexity index is 285. The van der Waals surface area contributed by atoms with Gasteiger partial charge in [0.2, 0.25) is 0 Å². The van der Waals surface area contributed by atoms with Crippen molar-refractivity contribution in [1.29, 1.82) is 0 Å². The van der Waals surface area contributed by atoms with Crippen LogP contribution in [0, 0.1) is 0 Å². The van der Waals surface area contributed by atoms with Gasteiger partial charge in [0.25, 0.3) is 0 Å². The second-order valence-electron chi connectivity index (χ2n) is 2.53. The van der Waals surface area contributed by atoms with Crippen LogP contribution in [0.15, 0.2) is 21.2 Å². The van der Waals surface area contributed by atoms with Crippen LogP contribution in [0.4, 0.5) is 0 Å². The van der Waals surface area contributed by atoms with Crippen LogP contribution in [0.1, 0.15) is 12.2 Å². The molecule has 0 saturated carbocycles. The van der Waals surface area contributed by atoms with E-state index in [9.17, 15) is 4.79 Å². The molecule has 0 atom stereocenters. The average molecular weight is 248 g/mol. The third-order valence-electron chi connectivity index (χ3n) is 1.44. The van der Waals surface area contributed by atoms with Crippen molar-refractivity contribution in [2.75, 3.05) is 6.54 Å². The molecular weight excluding hydrogens is 238 g/mol. The molecule has 13 heavy (non-hydrogen) atoms. The summed E-state index contributed by atoms with van der Waals surface area (Å²) >= 11 is 3.18. The first kappa shape index (κ1) is 10.3. The van der Waals surface area contributed by atoms with Crippen LogP contribution in [0.3, 0.4) is 0 Å². The standard InChI is InChI=1S/C8H10BrNO3/c9-7-2-1-6(13-7)5-10-4-3-8(11)12/h1-2,10H,3-5H2,(H,11,12). The van der Waals surface area contributed by atoms with E-state index in [2.05, 4.69) is 21.2 Å². The van der Waals surface area contributed by atoms with Crippen molar-refractivity contribution in [3.63, 3.8) is 0 Å². The van der Waals surface area contributed by atoms with E-state index >= 15 is 0 Å². The molecule has 1 heterocycles. The van der Waals surface area contributed by atoms with Crippen molar-refractivity contribution in [2.24, 2.45) is 0 Å². The highest BCUT2D eigenvalue weighted by molar-refractivity contribution is 9.10. The van der Waals surface area contributed by atoms with Crippen LogP contribution < -0.4 is 5.32 Å². The number of hydrogen-bond acceptors (Lipinski definition) is 3. The summed E-state index contributed by atoms with van der Waals surface area (Å²) < 4.78 is 5.88. The second-order valence-corrected chi connectivity index (χ2v) is 3.31. The molecule has 0 saturated heterocycles. The van der Waals surface area contributed by atoms with Gasteiger partial charge < -0.3 is 14.8 Å². The number of carboxylic acid groups (broad SMARTS) is 1. The fraction of sp³-hybridized carbons (Fsp3) is 0.375. The van der Waals surface area contributed by atoms with E-state index in [-0.39, 0.29) is 6.42 Å². The number of carbonyl (C=O) groups is 1. The van der Waals surface area contributed by atoms with Gasteiger partial charge in [-0.15, -0.1) is 0 Å². The third-order valence-corrected chi connectivity index (χ3v) is 1.87. The lowest BCUT2D eigenvalue weighted by atomic mass is 10.4. The number of carboxylic acids is 1. The summed E-state index contributed by atoms with van der Waals surface area (Å²) in [6, 6.07) is 3.63. The lowest BCUT2D eigenvalue weighted by Crippen LogP contribution is -2.17. The molecule has 0 radical (unpaired) electrons. The van der Waals surface area contributed by atoms with Crippen molar-refractivity contribution in [3.8, 4) is 0 Å². The minimum atomic E-state index is -0.798. The maximum absolute atomic E-state index is 10.1. The van der Waals surface area contributed by atoms with Crippen LogP contribution in [0.25, 0.3) is 0 Å². The third kappa shape index (κ3) is 4.10. The Morgan fingerprint density at radius 1 is 1.62 bits per heavy atom. The predicted molar refractivity (Wildman–Crippen MR) is 50.4 cm³/mol. The molecule has 1 aromatic heterocycles. The zero-order chi connectivity index (χ0) is 9.68. The number of halogens is 1. The minimum absolute atomic E-state index is 0.127. The first-order valence-corrected chi connectivity index (χ1v) is 4.64. The van der Waals surface area contributed by atoms with E-state index in [1.165, 1.54) is 0 Å². The molecule has 0 fully saturated rings. The van der Waals surface area contributed by atoms with Gasteiger partial charge in [0.05, 0.1) is 13.0 Å². The summed E-state index contributed by atoms with van der Waals surface area (Å²) in [5.74, 6) is -0.00890. The molecule has 0 aliphatic heterocycles. The lowest BCUT2D eigenvalue weighted by molar-refractivity contribution is -0.136. The Balaban J connectivity index is 2.16. The Hall–Kier alpha value is -0.810. The molecule has 1 aromatic rings. The Kier molecular flexibility index (Phi) is 3.98. The van der Waals surface area contributed by atoms with E-state index in [0.29, 0.717) is 17.8 Å². The number of furan rings is 1. The summed E-state index contributed by atoms with van der Waals surface area (Å²) in [5, 5.41) is 11.3. The Morgan fingerprint density at radius 2 is 2.38 bits per heavy atom. The fourth-order valence-corrected chi connectivity index (χ4v) is 1.19. The van der Waals surface area contributed by atoms with Crippen LogP contribution in [-0.4, -0.2) is 17.6 Å². The van der Waals surface area contributed by atoms with Crippen LogP contribution in [-0.2, 0) is 11.3 Å². The SMILES string of the molecule is O=C(O)CCNCc1ccc(Br)o1. The van der Waals surface area contributed by atoms with E-state index in [1.807, 2.05) is 6.07 Å². The predicted octanol–water partition coefficient (Wildman–Crippen LogP) is 1.61. The van der Waals surface area contributed by atoms with Gasteiger partial charge in [0, 0.05) is 6.54 Å². The molecule has 0 unspecified atom stereocenters. The maximum atomic E-state index is 10.1. The van der Waals surface area contributed by atoms with E-state index in [4.69, 9.17) is 9.52 Å². The number of aliphatic carboxylic acids is 1. The molecule has 4 nitrogen and oxygen atoms in total. The highest BCUT2D eigenvalue weighted by Gasteiger charge is 1.99. The molecule has 2 N–H and O–H groups in total. The highest BCUT2D eigenvalue weighted by atomic mass is 79.9. The van der Waals surface area contributed by atoms with E-state index in [1.54, 1.807) is 6.07 Å². The maximum Gasteiger partial charge on any atom is 0.304 e. The van der Waals surface area contributed by atoms with Crippen LogP contribution in [0.5, 0.6) is 0 Å². The van der Waals surface area contributed by atoms with Gasteiger partial charge in [0.1, 0.15) is 5.76 Å². The summed E-state index contributed by atoms with van der Waals surface area (Å²) in [5.41, 5.74) is 0. The fourth-order valence-electron chi connectivity index (χ4n) is 0.854. The summed E-state index contributed by atoms with van der Waals surface area (Å²) in [4.78, 5) is 10.1. The molecule has 72 valence electrons. The molecule has 0 aliphatic carbocycles. The highest BCUT2D eigenvalue weighted by Crippen LogP contribution is 2.13. The smallest absolute Gasteiger partial charge is 0.304 e. The molecule has 1 rings (SSSR count). The second kappa shape index (κ2) is 5.04. The van der Waals surface area contributed by atoms with Gasteiger partial charge in [-0.2, -0.15) is 0 Å². The van der Waals surface area contributed by atoms with E-state index < -0.39 is 5.97 Å². The van der Waals surface area contributed by atoms with Gasteiger partial charge in [-0.1, -0.05) is 0 Å². The molecule has 0 aliphatic rings.